The summed E-state index contributed by atoms with van der Waals surface area (Å²) in [7, 11) is 0. The fourth-order valence-electron chi connectivity index (χ4n) is 2.84. The Morgan fingerprint density at radius 2 is 1.78 bits per heavy atom. The molecule has 0 radical (unpaired) electrons. The van der Waals surface area contributed by atoms with Gasteiger partial charge in [-0.3, -0.25) is 0 Å². The van der Waals surface area contributed by atoms with Gasteiger partial charge in [0.1, 0.15) is 0 Å². The van der Waals surface area contributed by atoms with E-state index in [2.05, 4.69) is 41.6 Å². The average Bonchev–Trinajstić information content (AvgIpc) is 3.05. The van der Waals surface area contributed by atoms with Gasteiger partial charge in [0.05, 0.1) is 5.52 Å². The van der Waals surface area contributed by atoms with Crippen LogP contribution in [0.15, 0.2) is 48.8 Å². The smallest absolute Gasteiger partial charge is 0.0661 e. The number of pyridine rings is 1. The van der Waals surface area contributed by atoms with Gasteiger partial charge in [-0.05, 0) is 48.1 Å². The molecule has 0 saturated heterocycles. The maximum atomic E-state index is 4.29. The zero-order chi connectivity index (χ0) is 11.9. The lowest BCUT2D eigenvalue weighted by molar-refractivity contribution is 0.912. The van der Waals surface area contributed by atoms with Gasteiger partial charge in [0.2, 0.25) is 0 Å². The molecule has 0 fully saturated rings. The fourth-order valence-corrected chi connectivity index (χ4v) is 2.84. The number of hydrogen-bond acceptors (Lipinski definition) is 1. The van der Waals surface area contributed by atoms with E-state index in [1.165, 1.54) is 41.5 Å². The van der Waals surface area contributed by atoms with Crippen molar-refractivity contribution in [2.24, 2.45) is 0 Å². The van der Waals surface area contributed by atoms with Crippen molar-refractivity contribution in [1.29, 1.82) is 0 Å². The molecular formula is C16H14N2. The van der Waals surface area contributed by atoms with Crippen molar-refractivity contribution in [2.45, 2.75) is 19.3 Å². The van der Waals surface area contributed by atoms with Gasteiger partial charge in [0.15, 0.2) is 0 Å². The zero-order valence-electron chi connectivity index (χ0n) is 10.1. The predicted octanol–water partition coefficient (Wildman–Crippen LogP) is 3.49. The summed E-state index contributed by atoms with van der Waals surface area (Å²) in [6.07, 6.45) is 7.71. The molecule has 3 aromatic rings. The van der Waals surface area contributed by atoms with Crippen molar-refractivity contribution >= 4 is 5.52 Å². The highest BCUT2D eigenvalue weighted by atomic mass is 15.2. The number of rotatable bonds is 1. The highest BCUT2D eigenvalue weighted by Crippen LogP contribution is 2.28. The zero-order valence-corrected chi connectivity index (χ0v) is 10.1. The molecule has 0 bridgehead atoms. The number of hydrogen-bond donors (Lipinski definition) is 0. The van der Waals surface area contributed by atoms with E-state index in [1.807, 2.05) is 16.8 Å². The number of aryl methyl sites for hydroxylation is 2. The molecular weight excluding hydrogens is 220 g/mol. The molecule has 0 unspecified atom stereocenters. The van der Waals surface area contributed by atoms with E-state index >= 15 is 0 Å². The Bertz CT molecular complexity index is 725. The van der Waals surface area contributed by atoms with Crippen LogP contribution in [0.3, 0.4) is 0 Å². The molecule has 0 N–H and O–H groups in total. The summed E-state index contributed by atoms with van der Waals surface area (Å²) in [5, 5.41) is 4.29. The Kier molecular flexibility index (Phi) is 2.04. The normalized spacial score (nSPS) is 14.0. The summed E-state index contributed by atoms with van der Waals surface area (Å²) in [6, 6.07) is 13.2. The van der Waals surface area contributed by atoms with Crippen LogP contribution in [-0.4, -0.2) is 9.61 Å². The number of nitrogens with zero attached hydrogens (tertiary/aromatic N) is 2. The SMILES string of the molecule is c1cc2ccc(-c3ccc4c(c3)CCC4)cn2n1. The third-order valence-electron chi connectivity index (χ3n) is 3.83. The highest BCUT2D eigenvalue weighted by molar-refractivity contribution is 5.66. The van der Waals surface area contributed by atoms with Crippen molar-refractivity contribution in [3.05, 3.63) is 59.9 Å². The first-order valence-corrected chi connectivity index (χ1v) is 6.46. The molecule has 2 nitrogen and oxygen atoms in total. The molecule has 0 spiro atoms. The van der Waals surface area contributed by atoms with E-state index in [1.54, 1.807) is 0 Å². The van der Waals surface area contributed by atoms with Crippen molar-refractivity contribution in [2.75, 3.05) is 0 Å². The largest absolute Gasteiger partial charge is 0.240 e. The minimum atomic E-state index is 1.14. The van der Waals surface area contributed by atoms with E-state index in [4.69, 9.17) is 0 Å². The summed E-state index contributed by atoms with van der Waals surface area (Å²) in [4.78, 5) is 0. The molecule has 4 rings (SSSR count). The third-order valence-corrected chi connectivity index (χ3v) is 3.83. The maximum absolute atomic E-state index is 4.29. The van der Waals surface area contributed by atoms with Gasteiger partial charge in [-0.25, -0.2) is 4.52 Å². The van der Waals surface area contributed by atoms with Crippen LogP contribution in [0, 0.1) is 0 Å². The van der Waals surface area contributed by atoms with Crippen LogP contribution in [0.4, 0.5) is 0 Å². The number of fused-ring (bicyclic) bond motifs is 2. The average molecular weight is 234 g/mol. The van der Waals surface area contributed by atoms with E-state index in [9.17, 15) is 0 Å². The predicted molar refractivity (Wildman–Crippen MR) is 72.7 cm³/mol. The van der Waals surface area contributed by atoms with Crippen molar-refractivity contribution in [3.8, 4) is 11.1 Å². The summed E-state index contributed by atoms with van der Waals surface area (Å²) in [5.74, 6) is 0. The fraction of sp³-hybridized carbons (Fsp3) is 0.188. The quantitative estimate of drug-likeness (QED) is 0.630. The van der Waals surface area contributed by atoms with Gasteiger partial charge in [-0.15, -0.1) is 0 Å². The lowest BCUT2D eigenvalue weighted by Gasteiger charge is -2.06. The first kappa shape index (κ1) is 9.89. The molecule has 2 heterocycles. The third kappa shape index (κ3) is 1.46. The van der Waals surface area contributed by atoms with Crippen LogP contribution >= 0.6 is 0 Å². The van der Waals surface area contributed by atoms with Crippen LogP contribution in [0.2, 0.25) is 0 Å². The van der Waals surface area contributed by atoms with Crippen LogP contribution in [0.25, 0.3) is 16.6 Å². The van der Waals surface area contributed by atoms with Crippen LogP contribution in [-0.2, 0) is 12.8 Å². The van der Waals surface area contributed by atoms with E-state index < -0.39 is 0 Å². The van der Waals surface area contributed by atoms with E-state index in [0.717, 1.165) is 5.52 Å². The standard InChI is InChI=1S/C16H14N2/c1-2-12-4-5-14(10-13(12)3-1)15-6-7-16-8-9-17-18(16)11-15/h4-11H,1-3H2. The second-order valence-electron chi connectivity index (χ2n) is 4.96. The molecule has 2 heteroatoms. The Labute approximate surface area is 106 Å². The molecule has 1 aromatic carbocycles. The van der Waals surface area contributed by atoms with Crippen molar-refractivity contribution in [1.82, 2.24) is 9.61 Å². The van der Waals surface area contributed by atoms with Gasteiger partial charge in [-0.1, -0.05) is 24.3 Å². The van der Waals surface area contributed by atoms with Crippen molar-refractivity contribution in [3.63, 3.8) is 0 Å². The van der Waals surface area contributed by atoms with Crippen LogP contribution < -0.4 is 0 Å². The topological polar surface area (TPSA) is 17.3 Å². The van der Waals surface area contributed by atoms with Gasteiger partial charge < -0.3 is 0 Å². The second-order valence-corrected chi connectivity index (χ2v) is 4.96. The van der Waals surface area contributed by atoms with Crippen LogP contribution in [0.1, 0.15) is 17.5 Å². The van der Waals surface area contributed by atoms with Gasteiger partial charge in [0.25, 0.3) is 0 Å². The maximum Gasteiger partial charge on any atom is 0.0661 e. The Balaban J connectivity index is 1.86. The van der Waals surface area contributed by atoms with Crippen LogP contribution in [0.5, 0.6) is 0 Å². The molecule has 18 heavy (non-hydrogen) atoms. The lowest BCUT2D eigenvalue weighted by Crippen LogP contribution is -1.89. The van der Waals surface area contributed by atoms with Crippen molar-refractivity contribution < 1.29 is 0 Å². The number of benzene rings is 1. The van der Waals surface area contributed by atoms with Gasteiger partial charge in [0, 0.05) is 18.0 Å². The minimum absolute atomic E-state index is 1.14. The number of aromatic nitrogens is 2. The molecule has 2 aromatic heterocycles. The Morgan fingerprint density at radius 1 is 0.889 bits per heavy atom. The molecule has 1 aliphatic carbocycles. The van der Waals surface area contributed by atoms with E-state index in [0.29, 0.717) is 0 Å². The minimum Gasteiger partial charge on any atom is -0.240 e. The summed E-state index contributed by atoms with van der Waals surface area (Å²) >= 11 is 0. The molecule has 88 valence electrons. The molecule has 0 saturated carbocycles. The summed E-state index contributed by atoms with van der Waals surface area (Å²) < 4.78 is 1.93. The monoisotopic (exact) mass is 234 g/mol. The summed E-state index contributed by atoms with van der Waals surface area (Å²) in [6.45, 7) is 0. The molecule has 0 aliphatic heterocycles. The molecule has 0 atom stereocenters. The second kappa shape index (κ2) is 3.70. The van der Waals surface area contributed by atoms with E-state index in [-0.39, 0.29) is 0 Å². The Morgan fingerprint density at radius 3 is 2.78 bits per heavy atom. The first-order chi connectivity index (χ1) is 8.90. The highest BCUT2D eigenvalue weighted by Gasteiger charge is 2.11. The summed E-state index contributed by atoms with van der Waals surface area (Å²) in [5.41, 5.74) is 6.72. The Hall–Kier alpha value is -2.09. The lowest BCUT2D eigenvalue weighted by atomic mass is 10.0. The van der Waals surface area contributed by atoms with Gasteiger partial charge >= 0.3 is 0 Å². The molecule has 0 amide bonds. The van der Waals surface area contributed by atoms with Gasteiger partial charge in [-0.2, -0.15) is 5.10 Å². The first-order valence-electron chi connectivity index (χ1n) is 6.46. The molecule has 1 aliphatic rings.